The lowest BCUT2D eigenvalue weighted by Crippen LogP contribution is -2.17. The van der Waals surface area contributed by atoms with Crippen molar-refractivity contribution in [2.75, 3.05) is 13.2 Å². The summed E-state index contributed by atoms with van der Waals surface area (Å²) in [6.45, 7) is 1.71. The van der Waals surface area contributed by atoms with Gasteiger partial charge in [-0.05, 0) is 62.3 Å². The van der Waals surface area contributed by atoms with Crippen molar-refractivity contribution >= 4 is 11.6 Å². The van der Waals surface area contributed by atoms with Crippen molar-refractivity contribution in [2.24, 2.45) is 11.7 Å². The minimum Gasteiger partial charge on any atom is -0.378 e. The largest absolute Gasteiger partial charge is 0.378 e. The maximum absolute atomic E-state index is 5.90. The molecule has 1 heterocycles. The van der Waals surface area contributed by atoms with E-state index in [1.807, 2.05) is 12.1 Å². The topological polar surface area (TPSA) is 35.2 Å². The Morgan fingerprint density at radius 2 is 2.11 bits per heavy atom. The molecule has 0 amide bonds. The molecule has 2 atom stereocenters. The predicted molar refractivity (Wildman–Crippen MR) is 80.5 cm³/mol. The third-order valence-electron chi connectivity index (χ3n) is 3.93. The molecule has 0 aliphatic carbocycles. The molecule has 0 saturated carbocycles. The van der Waals surface area contributed by atoms with Crippen LogP contribution in [0.1, 0.15) is 37.7 Å². The van der Waals surface area contributed by atoms with E-state index in [1.54, 1.807) is 0 Å². The van der Waals surface area contributed by atoms with Crippen LogP contribution in [0.4, 0.5) is 0 Å². The first-order valence-electron chi connectivity index (χ1n) is 7.34. The summed E-state index contributed by atoms with van der Waals surface area (Å²) in [5, 5.41) is 0.798. The molecular formula is C16H24ClNO. The second kappa shape index (κ2) is 7.88. The van der Waals surface area contributed by atoms with Crippen LogP contribution in [0, 0.1) is 5.92 Å². The molecule has 19 heavy (non-hydrogen) atoms. The fourth-order valence-electron chi connectivity index (χ4n) is 2.76. The molecule has 0 aromatic heterocycles. The monoisotopic (exact) mass is 281 g/mol. The standard InChI is InChI=1S/C16H24ClNO/c17-15-8-6-13(7-9-15)11-14(12-18)3-1-4-16-5-2-10-19-16/h6-9,14,16H,1-5,10-12,18H2. The van der Waals surface area contributed by atoms with Crippen molar-refractivity contribution in [3.63, 3.8) is 0 Å². The van der Waals surface area contributed by atoms with Crippen molar-refractivity contribution in [3.8, 4) is 0 Å². The number of hydrogen-bond acceptors (Lipinski definition) is 2. The minimum absolute atomic E-state index is 0.508. The normalized spacial score (nSPS) is 20.6. The van der Waals surface area contributed by atoms with Gasteiger partial charge in [-0.25, -0.2) is 0 Å². The minimum atomic E-state index is 0.508. The Bertz CT molecular complexity index is 360. The average Bonchev–Trinajstić information content (AvgIpc) is 2.93. The lowest BCUT2D eigenvalue weighted by atomic mass is 9.93. The van der Waals surface area contributed by atoms with E-state index in [0.29, 0.717) is 12.0 Å². The molecule has 2 nitrogen and oxygen atoms in total. The van der Waals surface area contributed by atoms with Crippen molar-refractivity contribution in [2.45, 2.75) is 44.6 Å². The van der Waals surface area contributed by atoms with Gasteiger partial charge in [0.15, 0.2) is 0 Å². The summed E-state index contributed by atoms with van der Waals surface area (Å²) in [6, 6.07) is 8.11. The van der Waals surface area contributed by atoms with E-state index in [1.165, 1.54) is 37.7 Å². The van der Waals surface area contributed by atoms with Gasteiger partial charge in [0.1, 0.15) is 0 Å². The zero-order valence-electron chi connectivity index (χ0n) is 11.5. The van der Waals surface area contributed by atoms with Crippen LogP contribution >= 0.6 is 11.6 Å². The van der Waals surface area contributed by atoms with Gasteiger partial charge in [0, 0.05) is 11.6 Å². The van der Waals surface area contributed by atoms with Crippen molar-refractivity contribution < 1.29 is 4.74 Å². The number of hydrogen-bond donors (Lipinski definition) is 1. The molecule has 0 spiro atoms. The number of ether oxygens (including phenoxy) is 1. The Kier molecular flexibility index (Phi) is 6.15. The first-order chi connectivity index (χ1) is 9.28. The van der Waals surface area contributed by atoms with Crippen molar-refractivity contribution in [3.05, 3.63) is 34.9 Å². The fourth-order valence-corrected chi connectivity index (χ4v) is 2.89. The smallest absolute Gasteiger partial charge is 0.0576 e. The van der Waals surface area contributed by atoms with E-state index in [2.05, 4.69) is 12.1 Å². The summed E-state index contributed by atoms with van der Waals surface area (Å²) in [5.74, 6) is 0.572. The third kappa shape index (κ3) is 5.13. The Hall–Kier alpha value is -0.570. The van der Waals surface area contributed by atoms with Crippen LogP contribution in [0.2, 0.25) is 5.02 Å². The van der Waals surface area contributed by atoms with E-state index in [-0.39, 0.29) is 0 Å². The lowest BCUT2D eigenvalue weighted by molar-refractivity contribution is 0.101. The lowest BCUT2D eigenvalue weighted by Gasteiger charge is -2.16. The van der Waals surface area contributed by atoms with Gasteiger partial charge < -0.3 is 10.5 Å². The molecular weight excluding hydrogens is 258 g/mol. The van der Waals surface area contributed by atoms with Crippen LogP contribution in [-0.2, 0) is 11.2 Å². The number of rotatable bonds is 7. The third-order valence-corrected chi connectivity index (χ3v) is 4.19. The van der Waals surface area contributed by atoms with Gasteiger partial charge in [-0.1, -0.05) is 30.2 Å². The van der Waals surface area contributed by atoms with Crippen molar-refractivity contribution in [1.82, 2.24) is 0 Å². The molecule has 1 fully saturated rings. The zero-order valence-corrected chi connectivity index (χ0v) is 12.2. The van der Waals surface area contributed by atoms with E-state index < -0.39 is 0 Å². The van der Waals surface area contributed by atoms with E-state index in [0.717, 1.165) is 24.6 Å². The molecule has 1 aliphatic rings. The average molecular weight is 282 g/mol. The molecule has 2 rings (SSSR count). The molecule has 1 aromatic carbocycles. The van der Waals surface area contributed by atoms with Crippen LogP contribution in [0.25, 0.3) is 0 Å². The van der Waals surface area contributed by atoms with Gasteiger partial charge in [-0.2, -0.15) is 0 Å². The zero-order chi connectivity index (χ0) is 13.5. The van der Waals surface area contributed by atoms with Gasteiger partial charge in [0.05, 0.1) is 6.10 Å². The molecule has 2 unspecified atom stereocenters. The predicted octanol–water partition coefficient (Wildman–Crippen LogP) is 3.81. The Labute approximate surface area is 121 Å². The molecule has 1 aromatic rings. The highest BCUT2D eigenvalue weighted by atomic mass is 35.5. The molecule has 2 N–H and O–H groups in total. The van der Waals surface area contributed by atoms with Gasteiger partial charge in [-0.15, -0.1) is 0 Å². The second-order valence-corrected chi connectivity index (χ2v) is 5.93. The molecule has 0 bridgehead atoms. The summed E-state index contributed by atoms with van der Waals surface area (Å²) in [4.78, 5) is 0. The summed E-state index contributed by atoms with van der Waals surface area (Å²) < 4.78 is 5.65. The van der Waals surface area contributed by atoms with Gasteiger partial charge in [0.2, 0.25) is 0 Å². The highest BCUT2D eigenvalue weighted by Crippen LogP contribution is 2.21. The Balaban J connectivity index is 1.71. The van der Waals surface area contributed by atoms with Gasteiger partial charge in [-0.3, -0.25) is 0 Å². The highest BCUT2D eigenvalue weighted by Gasteiger charge is 2.16. The number of halogens is 1. The maximum atomic E-state index is 5.90. The van der Waals surface area contributed by atoms with Crippen LogP contribution in [0.5, 0.6) is 0 Å². The second-order valence-electron chi connectivity index (χ2n) is 5.50. The van der Waals surface area contributed by atoms with Gasteiger partial charge >= 0.3 is 0 Å². The summed E-state index contributed by atoms with van der Waals surface area (Å²) >= 11 is 5.90. The fraction of sp³-hybridized carbons (Fsp3) is 0.625. The van der Waals surface area contributed by atoms with Crippen LogP contribution in [-0.4, -0.2) is 19.3 Å². The van der Waals surface area contributed by atoms with Crippen LogP contribution in [0.15, 0.2) is 24.3 Å². The van der Waals surface area contributed by atoms with Crippen molar-refractivity contribution in [1.29, 1.82) is 0 Å². The maximum Gasteiger partial charge on any atom is 0.0576 e. The van der Waals surface area contributed by atoms with Crippen LogP contribution < -0.4 is 5.73 Å². The molecule has 106 valence electrons. The quantitative estimate of drug-likeness (QED) is 0.825. The highest BCUT2D eigenvalue weighted by molar-refractivity contribution is 6.30. The van der Waals surface area contributed by atoms with Gasteiger partial charge in [0.25, 0.3) is 0 Å². The summed E-state index contributed by atoms with van der Waals surface area (Å²) in [7, 11) is 0. The SMILES string of the molecule is NCC(CCCC1CCCO1)Cc1ccc(Cl)cc1. The molecule has 0 radical (unpaired) electrons. The first-order valence-corrected chi connectivity index (χ1v) is 7.72. The van der Waals surface area contributed by atoms with Crippen LogP contribution in [0.3, 0.4) is 0 Å². The molecule has 1 saturated heterocycles. The van der Waals surface area contributed by atoms with E-state index in [9.17, 15) is 0 Å². The van der Waals surface area contributed by atoms with E-state index in [4.69, 9.17) is 22.1 Å². The summed E-state index contributed by atoms with van der Waals surface area (Å²) in [6.07, 6.45) is 7.64. The first kappa shape index (κ1) is 14.8. The summed E-state index contributed by atoms with van der Waals surface area (Å²) in [5.41, 5.74) is 7.22. The molecule has 1 aliphatic heterocycles. The Morgan fingerprint density at radius 1 is 1.32 bits per heavy atom. The molecule has 3 heteroatoms. The number of nitrogens with two attached hydrogens (primary N) is 1. The van der Waals surface area contributed by atoms with E-state index >= 15 is 0 Å². The number of benzene rings is 1. The Morgan fingerprint density at radius 3 is 2.74 bits per heavy atom.